The second kappa shape index (κ2) is 8.52. The molecule has 2 aromatic carbocycles. The van der Waals surface area contributed by atoms with Crippen LogP contribution in [-0.2, 0) is 9.53 Å². The molecule has 1 unspecified atom stereocenters. The van der Waals surface area contributed by atoms with Crippen LogP contribution in [0.3, 0.4) is 0 Å². The standard InChI is InChI=1S/C24H24ClNO4/c1-3-29-24(28)18-5-4-12-26(14-18)23(27)22-15(2)20-11-8-17(13-21(20)30-22)16-6-9-19(25)10-7-16/h6-11,13,18H,3-5,12,14H2,1-2H3. The zero-order valence-electron chi connectivity index (χ0n) is 17.1. The van der Waals surface area contributed by atoms with Crippen molar-refractivity contribution in [1.29, 1.82) is 0 Å². The molecule has 4 rings (SSSR count). The Balaban J connectivity index is 1.60. The van der Waals surface area contributed by atoms with E-state index >= 15 is 0 Å². The maximum absolute atomic E-state index is 13.2. The number of aryl methyl sites for hydroxylation is 1. The summed E-state index contributed by atoms with van der Waals surface area (Å²) in [5.74, 6) is -0.346. The number of esters is 1. The normalized spacial score (nSPS) is 16.6. The number of halogens is 1. The summed E-state index contributed by atoms with van der Waals surface area (Å²) in [4.78, 5) is 27.0. The SMILES string of the molecule is CCOC(=O)C1CCCN(C(=O)c2oc3cc(-c4ccc(Cl)cc4)ccc3c2C)C1. The highest BCUT2D eigenvalue weighted by Gasteiger charge is 2.32. The second-order valence-corrected chi connectivity index (χ2v) is 8.05. The molecule has 1 aromatic heterocycles. The lowest BCUT2D eigenvalue weighted by Crippen LogP contribution is -2.42. The fourth-order valence-electron chi connectivity index (χ4n) is 4.01. The zero-order valence-corrected chi connectivity index (χ0v) is 17.9. The largest absolute Gasteiger partial charge is 0.466 e. The maximum Gasteiger partial charge on any atom is 0.310 e. The van der Waals surface area contributed by atoms with Gasteiger partial charge in [0.25, 0.3) is 5.91 Å². The van der Waals surface area contributed by atoms with E-state index in [1.54, 1.807) is 11.8 Å². The molecular weight excluding hydrogens is 402 g/mol. The molecule has 1 aliphatic rings. The number of hydrogen-bond acceptors (Lipinski definition) is 4. The number of carbonyl (C=O) groups excluding carboxylic acids is 2. The summed E-state index contributed by atoms with van der Waals surface area (Å²) in [6.07, 6.45) is 1.52. The van der Waals surface area contributed by atoms with E-state index in [2.05, 4.69) is 0 Å². The molecule has 3 aromatic rings. The van der Waals surface area contributed by atoms with Gasteiger partial charge in [-0.25, -0.2) is 0 Å². The topological polar surface area (TPSA) is 59.8 Å². The third-order valence-electron chi connectivity index (χ3n) is 5.64. The average molecular weight is 426 g/mol. The molecule has 0 N–H and O–H groups in total. The molecular formula is C24H24ClNO4. The lowest BCUT2D eigenvalue weighted by atomic mass is 9.97. The Morgan fingerprint density at radius 2 is 1.90 bits per heavy atom. The second-order valence-electron chi connectivity index (χ2n) is 7.62. The molecule has 5 nitrogen and oxygen atoms in total. The first-order valence-corrected chi connectivity index (χ1v) is 10.6. The van der Waals surface area contributed by atoms with Crippen LogP contribution in [-0.4, -0.2) is 36.5 Å². The quantitative estimate of drug-likeness (QED) is 0.519. The number of amides is 1. The number of likely N-dealkylation sites (tertiary alicyclic amines) is 1. The molecule has 1 aliphatic heterocycles. The van der Waals surface area contributed by atoms with Gasteiger partial charge in [0, 0.05) is 29.1 Å². The van der Waals surface area contributed by atoms with Crippen molar-refractivity contribution >= 4 is 34.4 Å². The van der Waals surface area contributed by atoms with Crippen molar-refractivity contribution in [3.05, 3.63) is 58.8 Å². The van der Waals surface area contributed by atoms with Gasteiger partial charge in [-0.2, -0.15) is 0 Å². The van der Waals surface area contributed by atoms with Crippen molar-refractivity contribution in [2.24, 2.45) is 5.92 Å². The fourth-order valence-corrected chi connectivity index (χ4v) is 4.14. The molecule has 1 atom stereocenters. The van der Waals surface area contributed by atoms with E-state index in [0.29, 0.717) is 36.1 Å². The van der Waals surface area contributed by atoms with Gasteiger partial charge in [-0.05, 0) is 56.0 Å². The highest BCUT2D eigenvalue weighted by molar-refractivity contribution is 6.30. The molecule has 2 heterocycles. The van der Waals surface area contributed by atoms with E-state index in [0.717, 1.165) is 34.9 Å². The van der Waals surface area contributed by atoms with Crippen molar-refractivity contribution in [1.82, 2.24) is 4.90 Å². The molecule has 0 radical (unpaired) electrons. The predicted molar refractivity (Wildman–Crippen MR) is 117 cm³/mol. The molecule has 156 valence electrons. The molecule has 1 saturated heterocycles. The number of benzene rings is 2. The van der Waals surface area contributed by atoms with Crippen LogP contribution in [0.5, 0.6) is 0 Å². The van der Waals surface area contributed by atoms with Gasteiger partial charge in [-0.3, -0.25) is 9.59 Å². The number of hydrogen-bond donors (Lipinski definition) is 0. The Kier molecular flexibility index (Phi) is 5.82. The summed E-state index contributed by atoms with van der Waals surface area (Å²) < 4.78 is 11.2. The highest BCUT2D eigenvalue weighted by atomic mass is 35.5. The van der Waals surface area contributed by atoms with Crippen LogP contribution in [0.1, 0.15) is 35.9 Å². The molecule has 0 bridgehead atoms. The zero-order chi connectivity index (χ0) is 21.3. The number of furan rings is 1. The summed E-state index contributed by atoms with van der Waals surface area (Å²) in [6.45, 7) is 5.01. The molecule has 0 spiro atoms. The Morgan fingerprint density at radius 3 is 2.63 bits per heavy atom. The summed E-state index contributed by atoms with van der Waals surface area (Å²) in [5, 5.41) is 1.60. The number of piperidine rings is 1. The van der Waals surface area contributed by atoms with E-state index in [9.17, 15) is 9.59 Å². The fraction of sp³-hybridized carbons (Fsp3) is 0.333. The highest BCUT2D eigenvalue weighted by Crippen LogP contribution is 2.32. The van der Waals surface area contributed by atoms with Crippen LogP contribution in [0.15, 0.2) is 46.9 Å². The monoisotopic (exact) mass is 425 g/mol. The van der Waals surface area contributed by atoms with Gasteiger partial charge in [0.1, 0.15) is 5.58 Å². The van der Waals surface area contributed by atoms with Crippen LogP contribution in [0, 0.1) is 12.8 Å². The summed E-state index contributed by atoms with van der Waals surface area (Å²) >= 11 is 5.98. The first-order chi connectivity index (χ1) is 14.5. The van der Waals surface area contributed by atoms with Crippen LogP contribution < -0.4 is 0 Å². The summed E-state index contributed by atoms with van der Waals surface area (Å²) in [7, 11) is 0. The minimum Gasteiger partial charge on any atom is -0.466 e. The lowest BCUT2D eigenvalue weighted by molar-refractivity contribution is -0.149. The molecule has 1 amide bonds. The number of ether oxygens (including phenoxy) is 1. The van der Waals surface area contributed by atoms with Crippen LogP contribution in [0.25, 0.3) is 22.1 Å². The van der Waals surface area contributed by atoms with Crippen LogP contribution in [0.4, 0.5) is 0 Å². The molecule has 0 saturated carbocycles. The van der Waals surface area contributed by atoms with Gasteiger partial charge in [0.05, 0.1) is 12.5 Å². The van der Waals surface area contributed by atoms with Gasteiger partial charge < -0.3 is 14.1 Å². The van der Waals surface area contributed by atoms with Crippen molar-refractivity contribution < 1.29 is 18.7 Å². The van der Waals surface area contributed by atoms with Gasteiger partial charge in [-0.15, -0.1) is 0 Å². The van der Waals surface area contributed by atoms with E-state index in [-0.39, 0.29) is 17.8 Å². The van der Waals surface area contributed by atoms with Gasteiger partial charge in [-0.1, -0.05) is 35.9 Å². The molecule has 30 heavy (non-hydrogen) atoms. The Labute approximate surface area is 180 Å². The molecule has 1 fully saturated rings. The third-order valence-corrected chi connectivity index (χ3v) is 5.89. The minimum absolute atomic E-state index is 0.175. The smallest absolute Gasteiger partial charge is 0.310 e. The lowest BCUT2D eigenvalue weighted by Gasteiger charge is -2.31. The van der Waals surface area contributed by atoms with Crippen LogP contribution in [0.2, 0.25) is 5.02 Å². The van der Waals surface area contributed by atoms with Gasteiger partial charge in [0.2, 0.25) is 0 Å². The maximum atomic E-state index is 13.2. The van der Waals surface area contributed by atoms with Crippen LogP contribution >= 0.6 is 11.6 Å². The van der Waals surface area contributed by atoms with E-state index in [1.165, 1.54) is 0 Å². The summed E-state index contributed by atoms with van der Waals surface area (Å²) in [6, 6.07) is 13.5. The van der Waals surface area contributed by atoms with Gasteiger partial charge in [0.15, 0.2) is 5.76 Å². The summed E-state index contributed by atoms with van der Waals surface area (Å²) in [5.41, 5.74) is 3.50. The van der Waals surface area contributed by atoms with E-state index in [1.807, 2.05) is 49.4 Å². The molecule has 6 heteroatoms. The Bertz CT molecular complexity index is 1090. The van der Waals surface area contributed by atoms with E-state index < -0.39 is 0 Å². The van der Waals surface area contributed by atoms with Gasteiger partial charge >= 0.3 is 5.97 Å². The average Bonchev–Trinajstić information content (AvgIpc) is 3.10. The first kappa shape index (κ1) is 20.5. The first-order valence-electron chi connectivity index (χ1n) is 10.2. The van der Waals surface area contributed by atoms with Crippen molar-refractivity contribution in [2.45, 2.75) is 26.7 Å². The predicted octanol–water partition coefficient (Wildman–Crippen LogP) is 5.48. The minimum atomic E-state index is -0.274. The number of nitrogens with zero attached hydrogens (tertiary/aromatic N) is 1. The molecule has 0 aliphatic carbocycles. The number of carbonyl (C=O) groups is 2. The third kappa shape index (κ3) is 3.94. The number of fused-ring (bicyclic) bond motifs is 1. The Hall–Kier alpha value is -2.79. The van der Waals surface area contributed by atoms with Crippen molar-refractivity contribution in [2.75, 3.05) is 19.7 Å². The van der Waals surface area contributed by atoms with E-state index in [4.69, 9.17) is 20.8 Å². The number of rotatable bonds is 4. The Morgan fingerprint density at radius 1 is 1.17 bits per heavy atom. The van der Waals surface area contributed by atoms with Crippen molar-refractivity contribution in [3.63, 3.8) is 0 Å². The van der Waals surface area contributed by atoms with Crippen molar-refractivity contribution in [3.8, 4) is 11.1 Å².